The van der Waals surface area contributed by atoms with Crippen molar-refractivity contribution in [3.8, 4) is 0 Å². The number of aliphatic hydroxyl groups excluding tert-OH is 1. The average Bonchev–Trinajstić information content (AvgIpc) is 1.83. The minimum atomic E-state index is -1.56. The van der Waals surface area contributed by atoms with E-state index in [1.54, 1.807) is 0 Å². The Labute approximate surface area is 71.8 Å². The topological polar surface area (TPSA) is 77.8 Å². The SMILES string of the molecule is CC(C)(O)C(C)(C)[C@@H](O)C(=O)O. The van der Waals surface area contributed by atoms with E-state index in [-0.39, 0.29) is 0 Å². The zero-order valence-electron chi connectivity index (χ0n) is 7.83. The summed E-state index contributed by atoms with van der Waals surface area (Å²) in [5.74, 6) is -1.32. The lowest BCUT2D eigenvalue weighted by Crippen LogP contribution is -2.50. The fourth-order valence-corrected chi connectivity index (χ4v) is 0.643. The number of rotatable bonds is 3. The summed E-state index contributed by atoms with van der Waals surface area (Å²) >= 11 is 0. The molecule has 12 heavy (non-hydrogen) atoms. The molecule has 0 amide bonds. The lowest BCUT2D eigenvalue weighted by molar-refractivity contribution is -0.166. The molecule has 0 bridgehead atoms. The first-order valence-electron chi connectivity index (χ1n) is 3.74. The van der Waals surface area contributed by atoms with Crippen molar-refractivity contribution in [1.82, 2.24) is 0 Å². The Morgan fingerprint density at radius 3 is 1.67 bits per heavy atom. The molecule has 0 unspecified atom stereocenters. The molecule has 0 aromatic heterocycles. The van der Waals surface area contributed by atoms with Crippen molar-refractivity contribution in [1.29, 1.82) is 0 Å². The zero-order valence-corrected chi connectivity index (χ0v) is 7.83. The Bertz CT molecular complexity index is 178. The standard InChI is InChI=1S/C8H16O4/c1-7(2,8(3,4)12)5(9)6(10)11/h5,9,12H,1-4H3,(H,10,11)/t5-/m0/s1. The fourth-order valence-electron chi connectivity index (χ4n) is 0.643. The number of carboxylic acid groups (broad SMARTS) is 1. The van der Waals surface area contributed by atoms with Crippen LogP contribution in [0.3, 0.4) is 0 Å². The van der Waals surface area contributed by atoms with E-state index in [0.29, 0.717) is 0 Å². The van der Waals surface area contributed by atoms with E-state index in [1.165, 1.54) is 27.7 Å². The molecule has 0 fully saturated rings. The molecule has 0 aliphatic carbocycles. The van der Waals surface area contributed by atoms with Gasteiger partial charge in [-0.05, 0) is 13.8 Å². The number of hydrogen-bond acceptors (Lipinski definition) is 3. The summed E-state index contributed by atoms with van der Waals surface area (Å²) in [6.07, 6.45) is -1.56. The van der Waals surface area contributed by atoms with Crippen LogP contribution in [-0.2, 0) is 4.79 Å². The van der Waals surface area contributed by atoms with Gasteiger partial charge in [-0.3, -0.25) is 0 Å². The molecule has 0 saturated carbocycles. The summed E-state index contributed by atoms with van der Waals surface area (Å²) < 4.78 is 0. The third kappa shape index (κ3) is 1.95. The molecule has 3 N–H and O–H groups in total. The molecule has 0 spiro atoms. The van der Waals surface area contributed by atoms with Crippen LogP contribution in [0, 0.1) is 5.41 Å². The van der Waals surface area contributed by atoms with Crippen LogP contribution in [0.15, 0.2) is 0 Å². The summed E-state index contributed by atoms with van der Waals surface area (Å²) in [5.41, 5.74) is -2.30. The van der Waals surface area contributed by atoms with Crippen molar-refractivity contribution < 1.29 is 20.1 Å². The minimum Gasteiger partial charge on any atom is -0.479 e. The number of aliphatic carboxylic acids is 1. The lowest BCUT2D eigenvalue weighted by Gasteiger charge is -2.38. The molecule has 72 valence electrons. The maximum absolute atomic E-state index is 10.4. The van der Waals surface area contributed by atoms with E-state index < -0.39 is 23.1 Å². The summed E-state index contributed by atoms with van der Waals surface area (Å²) in [7, 11) is 0. The molecule has 0 radical (unpaired) electrons. The van der Waals surface area contributed by atoms with Gasteiger partial charge < -0.3 is 15.3 Å². The van der Waals surface area contributed by atoms with E-state index in [4.69, 9.17) is 5.11 Å². The minimum absolute atomic E-state index is 1.07. The molecule has 0 aliphatic heterocycles. The van der Waals surface area contributed by atoms with Crippen LogP contribution in [0.25, 0.3) is 0 Å². The van der Waals surface area contributed by atoms with Crippen molar-refractivity contribution in [2.24, 2.45) is 5.41 Å². The maximum Gasteiger partial charge on any atom is 0.333 e. The Morgan fingerprint density at radius 2 is 1.58 bits per heavy atom. The molecule has 0 aromatic rings. The maximum atomic E-state index is 10.4. The van der Waals surface area contributed by atoms with Crippen molar-refractivity contribution in [2.45, 2.75) is 39.4 Å². The van der Waals surface area contributed by atoms with E-state index in [2.05, 4.69) is 0 Å². The van der Waals surface area contributed by atoms with Crippen molar-refractivity contribution in [3.63, 3.8) is 0 Å². The first-order valence-corrected chi connectivity index (χ1v) is 3.74. The highest BCUT2D eigenvalue weighted by atomic mass is 16.4. The summed E-state index contributed by atoms with van der Waals surface area (Å²) in [6, 6.07) is 0. The molecule has 0 saturated heterocycles. The van der Waals surface area contributed by atoms with Gasteiger partial charge in [-0.2, -0.15) is 0 Å². The Balaban J connectivity index is 4.73. The lowest BCUT2D eigenvalue weighted by atomic mass is 9.73. The van der Waals surface area contributed by atoms with Crippen LogP contribution in [0.1, 0.15) is 27.7 Å². The number of carboxylic acids is 1. The fraction of sp³-hybridized carbons (Fsp3) is 0.875. The molecule has 4 nitrogen and oxygen atoms in total. The first-order chi connectivity index (χ1) is 5.10. The predicted octanol–water partition coefficient (Wildman–Crippen LogP) is 0.229. The number of hydrogen-bond donors (Lipinski definition) is 3. The van der Waals surface area contributed by atoms with Gasteiger partial charge in [-0.15, -0.1) is 0 Å². The van der Waals surface area contributed by atoms with E-state index in [9.17, 15) is 15.0 Å². The highest BCUT2D eigenvalue weighted by molar-refractivity contribution is 5.73. The molecule has 0 heterocycles. The Kier molecular flexibility index (Phi) is 2.88. The second-order valence-corrected chi connectivity index (χ2v) is 4.02. The van der Waals surface area contributed by atoms with Gasteiger partial charge in [0.2, 0.25) is 0 Å². The molecule has 0 rings (SSSR count). The van der Waals surface area contributed by atoms with Gasteiger partial charge in [0.1, 0.15) is 0 Å². The van der Waals surface area contributed by atoms with Gasteiger partial charge in [0.15, 0.2) is 6.10 Å². The summed E-state index contributed by atoms with van der Waals surface area (Å²) in [4.78, 5) is 10.4. The molecular weight excluding hydrogens is 160 g/mol. The summed E-state index contributed by atoms with van der Waals surface area (Å²) in [6.45, 7) is 5.95. The number of aliphatic hydroxyl groups is 2. The van der Waals surface area contributed by atoms with Crippen LogP contribution in [-0.4, -0.2) is 33.0 Å². The van der Waals surface area contributed by atoms with Crippen molar-refractivity contribution in [3.05, 3.63) is 0 Å². The molecule has 0 aliphatic rings. The van der Waals surface area contributed by atoms with Gasteiger partial charge in [-0.25, -0.2) is 4.79 Å². The van der Waals surface area contributed by atoms with E-state index >= 15 is 0 Å². The second-order valence-electron chi connectivity index (χ2n) is 4.02. The predicted molar refractivity (Wildman–Crippen MR) is 43.7 cm³/mol. The third-order valence-electron chi connectivity index (χ3n) is 2.49. The van der Waals surface area contributed by atoms with Crippen LogP contribution in [0.4, 0.5) is 0 Å². The molecule has 1 atom stereocenters. The van der Waals surface area contributed by atoms with Crippen LogP contribution in [0.5, 0.6) is 0 Å². The Hall–Kier alpha value is -0.610. The van der Waals surface area contributed by atoms with Gasteiger partial charge in [-0.1, -0.05) is 13.8 Å². The first kappa shape index (κ1) is 11.4. The van der Waals surface area contributed by atoms with Crippen LogP contribution < -0.4 is 0 Å². The Morgan fingerprint density at radius 1 is 1.25 bits per heavy atom. The summed E-state index contributed by atoms with van der Waals surface area (Å²) in [5, 5.41) is 27.3. The smallest absolute Gasteiger partial charge is 0.333 e. The van der Waals surface area contributed by atoms with E-state index in [0.717, 1.165) is 0 Å². The average molecular weight is 176 g/mol. The zero-order chi connectivity index (χ0) is 10.2. The molecular formula is C8H16O4. The van der Waals surface area contributed by atoms with Crippen LogP contribution >= 0.6 is 0 Å². The monoisotopic (exact) mass is 176 g/mol. The van der Waals surface area contributed by atoms with Gasteiger partial charge in [0, 0.05) is 5.41 Å². The van der Waals surface area contributed by atoms with Gasteiger partial charge in [0.25, 0.3) is 0 Å². The highest BCUT2D eigenvalue weighted by Gasteiger charge is 2.44. The molecule has 4 heteroatoms. The van der Waals surface area contributed by atoms with E-state index in [1.807, 2.05) is 0 Å². The quantitative estimate of drug-likeness (QED) is 0.575. The van der Waals surface area contributed by atoms with Crippen molar-refractivity contribution >= 4 is 5.97 Å². The molecule has 0 aromatic carbocycles. The van der Waals surface area contributed by atoms with Gasteiger partial charge in [0.05, 0.1) is 5.60 Å². The van der Waals surface area contributed by atoms with Gasteiger partial charge >= 0.3 is 5.97 Å². The van der Waals surface area contributed by atoms with Crippen molar-refractivity contribution in [2.75, 3.05) is 0 Å². The number of carbonyl (C=O) groups is 1. The van der Waals surface area contributed by atoms with Crippen LogP contribution in [0.2, 0.25) is 0 Å². The highest BCUT2D eigenvalue weighted by Crippen LogP contribution is 2.33. The third-order valence-corrected chi connectivity index (χ3v) is 2.49. The normalized spacial score (nSPS) is 15.8. The second kappa shape index (κ2) is 3.03. The largest absolute Gasteiger partial charge is 0.479 e.